The number of hydrogen-bond acceptors (Lipinski definition) is 10. The molecule has 0 saturated carbocycles. The van der Waals surface area contributed by atoms with Crippen molar-refractivity contribution >= 4 is 51.7 Å². The Bertz CT molecular complexity index is 972. The van der Waals surface area contributed by atoms with Gasteiger partial charge >= 0.3 is 6.09 Å². The largest absolute Gasteiger partial charge is 0.444 e. The molecular formula is C11H17F3N2O8S4. The number of halogens is 3. The third kappa shape index (κ3) is 4.91. The van der Waals surface area contributed by atoms with Crippen molar-refractivity contribution in [1.29, 1.82) is 0 Å². The zero-order valence-corrected chi connectivity index (χ0v) is 17.9. The van der Waals surface area contributed by atoms with Crippen LogP contribution in [0.15, 0.2) is 4.99 Å². The maximum Gasteiger partial charge on any atom is 0.410 e. The van der Waals surface area contributed by atoms with Crippen LogP contribution in [0.5, 0.6) is 0 Å². The fourth-order valence-corrected chi connectivity index (χ4v) is 8.32. The second-order valence-electron chi connectivity index (χ2n) is 6.37. The summed E-state index contributed by atoms with van der Waals surface area (Å²) < 4.78 is 112. The molecule has 0 fully saturated rings. The molecule has 1 rings (SSSR count). The summed E-state index contributed by atoms with van der Waals surface area (Å²) in [5.74, 6) is 0. The summed E-state index contributed by atoms with van der Waals surface area (Å²) in [6.07, 6.45) is -1.60. The minimum atomic E-state index is -5.37. The van der Waals surface area contributed by atoms with E-state index in [1.807, 2.05) is 0 Å². The minimum absolute atomic E-state index is 0.339. The number of alkyl carbamates (subject to hydrolysis) is 1. The van der Waals surface area contributed by atoms with Crippen molar-refractivity contribution in [3.05, 3.63) is 0 Å². The van der Waals surface area contributed by atoms with E-state index in [0.717, 1.165) is 0 Å². The highest BCUT2D eigenvalue weighted by atomic mass is 32.3. The molecule has 1 aliphatic heterocycles. The van der Waals surface area contributed by atoms with Crippen molar-refractivity contribution in [1.82, 2.24) is 5.32 Å². The van der Waals surface area contributed by atoms with Gasteiger partial charge in [0.15, 0.2) is 36.8 Å². The summed E-state index contributed by atoms with van der Waals surface area (Å²) in [6.45, 7) is 4.05. The maximum absolute atomic E-state index is 13.3. The van der Waals surface area contributed by atoms with Crippen LogP contribution in [0.3, 0.4) is 0 Å². The quantitative estimate of drug-likeness (QED) is 0.564. The van der Waals surface area contributed by atoms with Gasteiger partial charge in [0.25, 0.3) is 4.99 Å². The van der Waals surface area contributed by atoms with Crippen LogP contribution < -0.4 is 5.32 Å². The molecule has 0 radical (unpaired) electrons. The zero-order chi connectivity index (χ0) is 22.2. The van der Waals surface area contributed by atoms with Gasteiger partial charge in [0.1, 0.15) is 5.60 Å². The first-order valence-corrected chi connectivity index (χ1v) is 13.0. The summed E-state index contributed by atoms with van der Waals surface area (Å²) in [7, 11) is -15.4. The molecule has 1 N–H and O–H groups in total. The van der Waals surface area contributed by atoms with Crippen LogP contribution in [0, 0.1) is 0 Å². The molecule has 0 aromatic heterocycles. The van der Waals surface area contributed by atoms with Crippen LogP contribution in [-0.2, 0) is 34.2 Å². The van der Waals surface area contributed by atoms with Crippen molar-refractivity contribution in [3.8, 4) is 0 Å². The number of alkyl halides is 3. The van der Waals surface area contributed by atoms with Gasteiger partial charge < -0.3 is 4.74 Å². The Morgan fingerprint density at radius 1 is 1.11 bits per heavy atom. The molecule has 10 nitrogen and oxygen atoms in total. The van der Waals surface area contributed by atoms with E-state index in [2.05, 4.69) is 4.99 Å². The Morgan fingerprint density at radius 3 is 2.04 bits per heavy atom. The maximum atomic E-state index is 13.3. The van der Waals surface area contributed by atoms with Crippen molar-refractivity contribution in [2.45, 2.75) is 35.9 Å². The molecule has 0 aromatic carbocycles. The highest BCUT2D eigenvalue weighted by molar-refractivity contribution is 8.39. The summed E-state index contributed by atoms with van der Waals surface area (Å²) in [5.41, 5.74) is -1.23. The van der Waals surface area contributed by atoms with Gasteiger partial charge in [0, 0.05) is 0 Å². The molecular weight excluding hydrogens is 473 g/mol. The molecule has 1 aliphatic rings. The summed E-state index contributed by atoms with van der Waals surface area (Å²) in [5, 5.41) is 1.53. The fraction of sp³-hybridized carbons (Fsp3) is 0.818. The summed E-state index contributed by atoms with van der Waals surface area (Å²) >= 11 is -0.339. The number of sulfone groups is 3. The van der Waals surface area contributed by atoms with E-state index in [1.54, 1.807) is 0 Å². The lowest BCUT2D eigenvalue weighted by Gasteiger charge is -2.31. The predicted octanol–water partition coefficient (Wildman–Crippen LogP) is 0.619. The summed E-state index contributed by atoms with van der Waals surface area (Å²) in [6, 6.07) is -6.59. The Labute approximate surface area is 164 Å². The highest BCUT2D eigenvalue weighted by Crippen LogP contribution is 2.43. The zero-order valence-electron chi connectivity index (χ0n) is 14.7. The number of hydrogen-bond donors (Lipinski definition) is 1. The van der Waals surface area contributed by atoms with Gasteiger partial charge in [-0.25, -0.2) is 48.2 Å². The lowest BCUT2D eigenvalue weighted by atomic mass is 10.2. The van der Waals surface area contributed by atoms with Crippen LogP contribution in [-0.4, -0.2) is 68.9 Å². The second kappa shape index (κ2) is 7.98. The number of carbonyl (C=O) groups excluding carboxylic acids is 1. The molecule has 0 bridgehead atoms. The molecule has 2 atom stereocenters. The number of nitrogens with zero attached hydrogens (tertiary/aromatic N) is 1. The molecule has 0 saturated heterocycles. The Balaban J connectivity index is 3.77. The Kier molecular flexibility index (Phi) is 7.12. The normalized spacial score (nSPS) is 23.9. The monoisotopic (exact) mass is 490 g/mol. The molecule has 1 heterocycles. The standard InChI is InChI=1S/C11H17F3N2O8S4/c1-10(2,3)24-8(17)15-11(28(22,23)6-14)7(26(18,19)4-12)25-9(16-11)27(20,21)5-13/h7H,4-6H2,1-3H3,(H,15,17). The summed E-state index contributed by atoms with van der Waals surface area (Å²) in [4.78, 5) is 11.7. The van der Waals surface area contributed by atoms with Crippen LogP contribution in [0.2, 0.25) is 0 Å². The molecule has 164 valence electrons. The van der Waals surface area contributed by atoms with E-state index in [0.29, 0.717) is 0 Å². The smallest absolute Gasteiger partial charge is 0.410 e. The van der Waals surface area contributed by atoms with E-state index in [4.69, 9.17) is 4.74 Å². The van der Waals surface area contributed by atoms with Gasteiger partial charge in [-0.15, -0.1) is 0 Å². The Morgan fingerprint density at radius 2 is 1.64 bits per heavy atom. The van der Waals surface area contributed by atoms with Gasteiger partial charge in [-0.3, -0.25) is 5.32 Å². The Hall–Kier alpha value is -1.07. The van der Waals surface area contributed by atoms with E-state index in [-0.39, 0.29) is 11.8 Å². The topological polar surface area (TPSA) is 153 Å². The molecule has 0 spiro atoms. The number of carbonyl (C=O) groups is 1. The number of thioether (sulfide) groups is 1. The minimum Gasteiger partial charge on any atom is -0.444 e. The van der Waals surface area contributed by atoms with Gasteiger partial charge in [0.05, 0.1) is 0 Å². The van der Waals surface area contributed by atoms with Gasteiger partial charge in [0.2, 0.25) is 19.7 Å². The number of ether oxygens (including phenoxy) is 1. The van der Waals surface area contributed by atoms with Crippen LogP contribution in [0.25, 0.3) is 0 Å². The fourth-order valence-electron chi connectivity index (χ4n) is 1.86. The van der Waals surface area contributed by atoms with Crippen LogP contribution in [0.4, 0.5) is 18.0 Å². The predicted molar refractivity (Wildman–Crippen MR) is 95.6 cm³/mol. The molecule has 17 heteroatoms. The van der Waals surface area contributed by atoms with Crippen LogP contribution in [0.1, 0.15) is 20.8 Å². The van der Waals surface area contributed by atoms with Crippen molar-refractivity contribution in [3.63, 3.8) is 0 Å². The number of nitrogens with one attached hydrogen (secondary N) is 1. The lowest BCUT2D eigenvalue weighted by molar-refractivity contribution is 0.0496. The number of aliphatic imine (C=N–C) groups is 1. The van der Waals surface area contributed by atoms with Gasteiger partial charge in [-0.2, -0.15) is 0 Å². The number of amides is 1. The SMILES string of the molecule is CC(C)(C)OC(=O)NC1(S(=O)(=O)CF)N=C(S(=O)(=O)CF)SC1S(=O)(=O)CF. The van der Waals surface area contributed by atoms with E-state index >= 15 is 0 Å². The highest BCUT2D eigenvalue weighted by Gasteiger charge is 2.63. The van der Waals surface area contributed by atoms with E-state index in [1.165, 1.54) is 26.1 Å². The molecule has 28 heavy (non-hydrogen) atoms. The second-order valence-corrected chi connectivity index (χ2v) is 13.9. The first-order chi connectivity index (χ1) is 12.5. The van der Waals surface area contributed by atoms with E-state index in [9.17, 15) is 43.2 Å². The lowest BCUT2D eigenvalue weighted by Crippen LogP contribution is -2.61. The third-order valence-electron chi connectivity index (χ3n) is 2.97. The first-order valence-electron chi connectivity index (χ1n) is 7.10. The van der Waals surface area contributed by atoms with Crippen molar-refractivity contribution in [2.75, 3.05) is 18.0 Å². The van der Waals surface area contributed by atoms with E-state index < -0.39 is 73.2 Å². The number of rotatable bonds is 6. The average molecular weight is 491 g/mol. The molecule has 0 aliphatic carbocycles. The van der Waals surface area contributed by atoms with Crippen molar-refractivity contribution < 1.29 is 48.0 Å². The first kappa shape index (κ1) is 25.0. The van der Waals surface area contributed by atoms with Gasteiger partial charge in [-0.1, -0.05) is 11.8 Å². The average Bonchev–Trinajstić information content (AvgIpc) is 2.95. The molecule has 2 unspecified atom stereocenters. The molecule has 1 amide bonds. The van der Waals surface area contributed by atoms with Gasteiger partial charge in [-0.05, 0) is 20.8 Å². The third-order valence-corrected chi connectivity index (χ3v) is 10.2. The van der Waals surface area contributed by atoms with Crippen molar-refractivity contribution in [2.24, 2.45) is 4.99 Å². The molecule has 0 aromatic rings. The van der Waals surface area contributed by atoms with Crippen LogP contribution >= 0.6 is 11.8 Å².